The molecule has 2 heterocycles. The van der Waals surface area contributed by atoms with E-state index in [1.807, 2.05) is 6.92 Å². The van der Waals surface area contributed by atoms with Gasteiger partial charge < -0.3 is 4.74 Å². The fourth-order valence-corrected chi connectivity index (χ4v) is 3.89. The van der Waals surface area contributed by atoms with Crippen LogP contribution in [0.1, 0.15) is 58.3 Å². The summed E-state index contributed by atoms with van der Waals surface area (Å²) in [4.78, 5) is 26.5. The van der Waals surface area contributed by atoms with Crippen LogP contribution in [0.4, 0.5) is 0 Å². The molecule has 5 nitrogen and oxygen atoms in total. The lowest BCUT2D eigenvalue weighted by atomic mass is 10.1. The Kier molecular flexibility index (Phi) is 4.60. The quantitative estimate of drug-likeness (QED) is 0.634. The summed E-state index contributed by atoms with van der Waals surface area (Å²) in [5.74, 6) is 0.00182. The predicted molar refractivity (Wildman–Crippen MR) is 78.7 cm³/mol. The van der Waals surface area contributed by atoms with E-state index in [1.165, 1.54) is 12.8 Å². The van der Waals surface area contributed by atoms with Crippen LogP contribution in [0.3, 0.4) is 0 Å². The lowest BCUT2D eigenvalue weighted by Crippen LogP contribution is -2.48. The fraction of sp³-hybridized carbons (Fsp3) is 0.875. The van der Waals surface area contributed by atoms with Crippen molar-refractivity contribution in [3.05, 3.63) is 0 Å². The molecule has 5 heteroatoms. The first-order chi connectivity index (χ1) is 10.2. The van der Waals surface area contributed by atoms with Crippen LogP contribution < -0.4 is 5.32 Å². The number of nitrogens with one attached hydrogen (secondary N) is 1. The van der Waals surface area contributed by atoms with Gasteiger partial charge in [0.15, 0.2) is 0 Å². The number of likely N-dealkylation sites (tertiary alicyclic amines) is 1. The molecule has 3 unspecified atom stereocenters. The zero-order chi connectivity index (χ0) is 14.8. The molecule has 1 saturated carbocycles. The summed E-state index contributed by atoms with van der Waals surface area (Å²) >= 11 is 0. The normalized spacial score (nSPS) is 35.5. The monoisotopic (exact) mass is 294 g/mol. The highest BCUT2D eigenvalue weighted by Gasteiger charge is 2.43. The van der Waals surface area contributed by atoms with Gasteiger partial charge in [-0.05, 0) is 26.2 Å². The van der Waals surface area contributed by atoms with Crippen molar-refractivity contribution >= 4 is 11.8 Å². The molecule has 0 aromatic rings. The maximum absolute atomic E-state index is 12.6. The number of amides is 2. The first kappa shape index (κ1) is 15.0. The molecule has 3 atom stereocenters. The molecular formula is C16H26N2O3. The molecule has 0 aromatic heterocycles. The average molecular weight is 294 g/mol. The molecule has 0 spiro atoms. The molecule has 21 heavy (non-hydrogen) atoms. The van der Waals surface area contributed by atoms with Crippen LogP contribution in [-0.4, -0.2) is 47.6 Å². The van der Waals surface area contributed by atoms with Gasteiger partial charge in [0, 0.05) is 18.7 Å². The zero-order valence-corrected chi connectivity index (χ0v) is 12.8. The van der Waals surface area contributed by atoms with Crippen LogP contribution in [0.15, 0.2) is 0 Å². The highest BCUT2D eigenvalue weighted by molar-refractivity contribution is 6.05. The van der Waals surface area contributed by atoms with Crippen molar-refractivity contribution in [2.45, 2.75) is 82.5 Å². The summed E-state index contributed by atoms with van der Waals surface area (Å²) in [5.41, 5.74) is 0. The SMILES string of the molecule is CC1OCCC1NC1CC(=O)N(C2CCCCCC2)C1=O. The molecule has 2 amide bonds. The van der Waals surface area contributed by atoms with Crippen LogP contribution in [-0.2, 0) is 14.3 Å². The molecule has 0 radical (unpaired) electrons. The summed E-state index contributed by atoms with van der Waals surface area (Å²) in [7, 11) is 0. The minimum atomic E-state index is -0.338. The largest absolute Gasteiger partial charge is 0.377 e. The second-order valence-electron chi connectivity index (χ2n) is 6.64. The second kappa shape index (κ2) is 6.44. The molecule has 1 aliphatic carbocycles. The van der Waals surface area contributed by atoms with Crippen molar-refractivity contribution in [3.8, 4) is 0 Å². The Labute approximate surface area is 126 Å². The summed E-state index contributed by atoms with van der Waals surface area (Å²) in [5, 5.41) is 3.36. The Hall–Kier alpha value is -0.940. The van der Waals surface area contributed by atoms with E-state index in [0.29, 0.717) is 6.42 Å². The number of imide groups is 1. The van der Waals surface area contributed by atoms with Crippen LogP contribution in [0.25, 0.3) is 0 Å². The van der Waals surface area contributed by atoms with E-state index in [2.05, 4.69) is 5.32 Å². The first-order valence-electron chi connectivity index (χ1n) is 8.40. The van der Waals surface area contributed by atoms with Gasteiger partial charge in [-0.25, -0.2) is 0 Å². The van der Waals surface area contributed by atoms with E-state index < -0.39 is 0 Å². The van der Waals surface area contributed by atoms with Gasteiger partial charge in [0.25, 0.3) is 0 Å². The van der Waals surface area contributed by atoms with Gasteiger partial charge in [0.05, 0.1) is 18.6 Å². The molecule has 1 N–H and O–H groups in total. The van der Waals surface area contributed by atoms with Gasteiger partial charge in [-0.15, -0.1) is 0 Å². The average Bonchev–Trinajstić information content (AvgIpc) is 2.85. The van der Waals surface area contributed by atoms with Gasteiger partial charge in [-0.1, -0.05) is 25.7 Å². The summed E-state index contributed by atoms with van der Waals surface area (Å²) in [6.07, 6.45) is 8.04. The van der Waals surface area contributed by atoms with Gasteiger partial charge in [-0.3, -0.25) is 19.8 Å². The smallest absolute Gasteiger partial charge is 0.247 e. The van der Waals surface area contributed by atoms with Crippen molar-refractivity contribution in [3.63, 3.8) is 0 Å². The van der Waals surface area contributed by atoms with E-state index in [1.54, 1.807) is 4.90 Å². The van der Waals surface area contributed by atoms with Crippen molar-refractivity contribution in [2.75, 3.05) is 6.61 Å². The standard InChI is InChI=1S/C16H26N2O3/c1-11-13(8-9-21-11)17-14-10-15(19)18(16(14)20)12-6-4-2-3-5-7-12/h11-14,17H,2-10H2,1H3. The Morgan fingerprint density at radius 1 is 1.10 bits per heavy atom. The molecule has 2 saturated heterocycles. The number of hydrogen-bond donors (Lipinski definition) is 1. The van der Waals surface area contributed by atoms with E-state index in [9.17, 15) is 9.59 Å². The minimum absolute atomic E-state index is 0.00833. The molecule has 0 aromatic carbocycles. The van der Waals surface area contributed by atoms with E-state index in [-0.39, 0.29) is 36.0 Å². The lowest BCUT2D eigenvalue weighted by Gasteiger charge is -2.26. The van der Waals surface area contributed by atoms with Crippen LogP contribution in [0.5, 0.6) is 0 Å². The summed E-state index contributed by atoms with van der Waals surface area (Å²) < 4.78 is 5.53. The Bertz CT molecular complexity index is 404. The number of carbonyl (C=O) groups excluding carboxylic acids is 2. The molecule has 3 fully saturated rings. The van der Waals surface area contributed by atoms with E-state index in [0.717, 1.165) is 38.7 Å². The number of carbonyl (C=O) groups is 2. The highest BCUT2D eigenvalue weighted by Crippen LogP contribution is 2.27. The topological polar surface area (TPSA) is 58.6 Å². The lowest BCUT2D eigenvalue weighted by molar-refractivity contribution is -0.141. The van der Waals surface area contributed by atoms with Gasteiger partial charge >= 0.3 is 0 Å². The summed E-state index contributed by atoms with van der Waals surface area (Å²) in [6.45, 7) is 2.76. The van der Waals surface area contributed by atoms with E-state index >= 15 is 0 Å². The number of rotatable bonds is 3. The van der Waals surface area contributed by atoms with Crippen molar-refractivity contribution in [1.29, 1.82) is 0 Å². The summed E-state index contributed by atoms with van der Waals surface area (Å²) in [6, 6.07) is -0.00714. The second-order valence-corrected chi connectivity index (χ2v) is 6.64. The fourth-order valence-electron chi connectivity index (χ4n) is 3.89. The predicted octanol–water partition coefficient (Wildman–Crippen LogP) is 1.60. The third-order valence-electron chi connectivity index (χ3n) is 5.16. The maximum atomic E-state index is 12.6. The number of ether oxygens (including phenoxy) is 1. The van der Waals surface area contributed by atoms with Crippen LogP contribution >= 0.6 is 0 Å². The Morgan fingerprint density at radius 3 is 2.43 bits per heavy atom. The number of hydrogen-bond acceptors (Lipinski definition) is 4. The third-order valence-corrected chi connectivity index (χ3v) is 5.16. The van der Waals surface area contributed by atoms with Crippen LogP contribution in [0, 0.1) is 0 Å². The van der Waals surface area contributed by atoms with Gasteiger partial charge in [0.2, 0.25) is 11.8 Å². The van der Waals surface area contributed by atoms with E-state index in [4.69, 9.17) is 4.74 Å². The molecule has 0 bridgehead atoms. The molecular weight excluding hydrogens is 268 g/mol. The zero-order valence-electron chi connectivity index (χ0n) is 12.8. The maximum Gasteiger partial charge on any atom is 0.247 e. The highest BCUT2D eigenvalue weighted by atomic mass is 16.5. The van der Waals surface area contributed by atoms with Crippen molar-refractivity contribution < 1.29 is 14.3 Å². The van der Waals surface area contributed by atoms with Gasteiger partial charge in [-0.2, -0.15) is 0 Å². The minimum Gasteiger partial charge on any atom is -0.377 e. The molecule has 3 rings (SSSR count). The molecule has 2 aliphatic heterocycles. The Balaban J connectivity index is 1.64. The van der Waals surface area contributed by atoms with Crippen LogP contribution in [0.2, 0.25) is 0 Å². The molecule has 3 aliphatic rings. The first-order valence-corrected chi connectivity index (χ1v) is 8.40. The Morgan fingerprint density at radius 2 is 1.81 bits per heavy atom. The third kappa shape index (κ3) is 3.14. The number of nitrogens with zero attached hydrogens (tertiary/aromatic N) is 1. The van der Waals surface area contributed by atoms with Crippen molar-refractivity contribution in [1.82, 2.24) is 10.2 Å². The molecule has 118 valence electrons. The van der Waals surface area contributed by atoms with Crippen molar-refractivity contribution in [2.24, 2.45) is 0 Å². The van der Waals surface area contributed by atoms with Gasteiger partial charge in [0.1, 0.15) is 0 Å².